The predicted octanol–water partition coefficient (Wildman–Crippen LogP) is 3.05. The van der Waals surface area contributed by atoms with Crippen LogP contribution in [0.2, 0.25) is 0 Å². The molecule has 23 heavy (non-hydrogen) atoms. The third-order valence-electron chi connectivity index (χ3n) is 4.32. The molecule has 2 aliphatic rings. The first kappa shape index (κ1) is 15.6. The average Bonchev–Trinajstić information content (AvgIpc) is 2.56. The van der Waals surface area contributed by atoms with Gasteiger partial charge in [0.15, 0.2) is 6.04 Å². The van der Waals surface area contributed by atoms with Crippen LogP contribution in [0, 0.1) is 0 Å². The number of hydrogen-bond acceptors (Lipinski definition) is 4. The Balaban J connectivity index is 1.45. The molecular weight excluding hydrogens is 294 g/mol. The van der Waals surface area contributed by atoms with E-state index in [4.69, 9.17) is 9.47 Å². The lowest BCUT2D eigenvalue weighted by atomic mass is 9.91. The summed E-state index contributed by atoms with van der Waals surface area (Å²) >= 11 is 0. The number of esters is 1. The molecular formula is C18H21NO4. The van der Waals surface area contributed by atoms with Crippen LogP contribution in [0.15, 0.2) is 35.9 Å². The number of nitrogens with one attached hydrogen (secondary N) is 1. The zero-order chi connectivity index (χ0) is 16.2. The van der Waals surface area contributed by atoms with Crippen LogP contribution >= 0.6 is 0 Å². The molecule has 1 aromatic rings. The molecule has 1 aliphatic carbocycles. The Morgan fingerprint density at radius 1 is 1.26 bits per heavy atom. The second-order valence-corrected chi connectivity index (χ2v) is 6.08. The summed E-state index contributed by atoms with van der Waals surface area (Å²) in [6, 6.07) is 9.66. The van der Waals surface area contributed by atoms with Crippen LogP contribution in [0.5, 0.6) is 0 Å². The smallest absolute Gasteiger partial charge is 0.408 e. The first-order valence-corrected chi connectivity index (χ1v) is 8.04. The number of benzene rings is 1. The Kier molecular flexibility index (Phi) is 4.65. The molecule has 1 N–H and O–H groups in total. The van der Waals surface area contributed by atoms with Gasteiger partial charge in [0.05, 0.1) is 0 Å². The third kappa shape index (κ3) is 3.92. The van der Waals surface area contributed by atoms with Crippen molar-refractivity contribution in [2.45, 2.75) is 50.9 Å². The van der Waals surface area contributed by atoms with Crippen molar-refractivity contribution in [1.82, 2.24) is 5.32 Å². The molecule has 1 heterocycles. The maximum Gasteiger partial charge on any atom is 0.408 e. The summed E-state index contributed by atoms with van der Waals surface area (Å²) in [6.45, 7) is 1.74. The molecule has 1 saturated heterocycles. The minimum Gasteiger partial charge on any atom is -0.458 e. The quantitative estimate of drug-likeness (QED) is 0.871. The van der Waals surface area contributed by atoms with Gasteiger partial charge in [-0.05, 0) is 38.2 Å². The Hall–Kier alpha value is -2.30. The van der Waals surface area contributed by atoms with Crippen molar-refractivity contribution >= 4 is 18.1 Å². The Morgan fingerprint density at radius 3 is 2.57 bits per heavy atom. The number of carbonyl (C=O) groups excluding carboxylic acids is 2. The summed E-state index contributed by atoms with van der Waals surface area (Å²) in [4.78, 5) is 23.0. The van der Waals surface area contributed by atoms with Crippen molar-refractivity contribution < 1.29 is 19.1 Å². The highest BCUT2D eigenvalue weighted by molar-refractivity contribution is 5.86. The molecule has 5 nitrogen and oxygen atoms in total. The second-order valence-electron chi connectivity index (χ2n) is 6.08. The molecule has 1 saturated carbocycles. The maximum absolute atomic E-state index is 11.8. The van der Waals surface area contributed by atoms with Gasteiger partial charge in [0.2, 0.25) is 0 Å². The second kappa shape index (κ2) is 6.86. The van der Waals surface area contributed by atoms with E-state index in [1.165, 1.54) is 11.1 Å². The van der Waals surface area contributed by atoms with Gasteiger partial charge < -0.3 is 14.8 Å². The molecule has 1 aliphatic heterocycles. The number of allylic oxidation sites excluding steroid dienone is 1. The molecule has 0 spiro atoms. The van der Waals surface area contributed by atoms with Gasteiger partial charge in [0, 0.05) is 0 Å². The van der Waals surface area contributed by atoms with Crippen LogP contribution in [-0.4, -0.2) is 30.3 Å². The van der Waals surface area contributed by atoms with Crippen LogP contribution < -0.4 is 5.32 Å². The molecule has 2 atom stereocenters. The molecule has 1 aromatic carbocycles. The Morgan fingerprint density at radius 2 is 1.96 bits per heavy atom. The molecule has 0 bridgehead atoms. The van der Waals surface area contributed by atoms with Crippen molar-refractivity contribution in [3.05, 3.63) is 41.5 Å². The maximum atomic E-state index is 11.8. The van der Waals surface area contributed by atoms with E-state index in [9.17, 15) is 9.59 Å². The number of ether oxygens (including phenoxy) is 2. The van der Waals surface area contributed by atoms with E-state index in [2.05, 4.69) is 23.5 Å². The van der Waals surface area contributed by atoms with Gasteiger partial charge in [-0.3, -0.25) is 0 Å². The van der Waals surface area contributed by atoms with Crippen LogP contribution in [0.3, 0.4) is 0 Å². The first-order chi connectivity index (χ1) is 11.1. The number of carbonyl (C=O) groups is 2. The van der Waals surface area contributed by atoms with Crippen LogP contribution in [0.4, 0.5) is 4.79 Å². The van der Waals surface area contributed by atoms with Gasteiger partial charge in [-0.25, -0.2) is 9.59 Å². The highest BCUT2D eigenvalue weighted by Gasteiger charge is 2.41. The molecule has 0 unspecified atom stereocenters. The summed E-state index contributed by atoms with van der Waals surface area (Å²) in [7, 11) is 0. The van der Waals surface area contributed by atoms with Gasteiger partial charge in [-0.2, -0.15) is 0 Å². The fourth-order valence-corrected chi connectivity index (χ4v) is 2.94. The molecule has 122 valence electrons. The van der Waals surface area contributed by atoms with E-state index >= 15 is 0 Å². The number of rotatable bonds is 3. The fourth-order valence-electron chi connectivity index (χ4n) is 2.94. The highest BCUT2D eigenvalue weighted by Crippen LogP contribution is 2.27. The van der Waals surface area contributed by atoms with Gasteiger partial charge >= 0.3 is 12.1 Å². The minimum absolute atomic E-state index is 0.0886. The third-order valence-corrected chi connectivity index (χ3v) is 4.32. The molecule has 3 rings (SSSR count). The first-order valence-electron chi connectivity index (χ1n) is 8.04. The zero-order valence-corrected chi connectivity index (χ0v) is 13.2. The van der Waals surface area contributed by atoms with Gasteiger partial charge in [0.25, 0.3) is 0 Å². The van der Waals surface area contributed by atoms with E-state index in [-0.39, 0.29) is 12.2 Å². The van der Waals surface area contributed by atoms with E-state index in [1.807, 2.05) is 18.2 Å². The fraction of sp³-hybridized carbons (Fsp3) is 0.444. The molecule has 2 fully saturated rings. The molecule has 1 amide bonds. The van der Waals surface area contributed by atoms with E-state index in [1.54, 1.807) is 6.92 Å². The normalized spacial score (nSPS) is 26.7. The lowest BCUT2D eigenvalue weighted by molar-refractivity contribution is -0.174. The largest absolute Gasteiger partial charge is 0.458 e. The highest BCUT2D eigenvalue weighted by atomic mass is 16.6. The molecule has 5 heteroatoms. The summed E-state index contributed by atoms with van der Waals surface area (Å²) in [5.41, 5.74) is 2.59. The van der Waals surface area contributed by atoms with E-state index in [0.29, 0.717) is 0 Å². The summed E-state index contributed by atoms with van der Waals surface area (Å²) in [6.07, 6.45) is 4.80. The summed E-state index contributed by atoms with van der Waals surface area (Å²) < 4.78 is 10.2. The number of amides is 1. The van der Waals surface area contributed by atoms with Gasteiger partial charge in [-0.15, -0.1) is 0 Å². The predicted molar refractivity (Wildman–Crippen MR) is 85.6 cm³/mol. The van der Waals surface area contributed by atoms with Crippen LogP contribution in [-0.2, 0) is 14.3 Å². The van der Waals surface area contributed by atoms with Crippen molar-refractivity contribution in [2.24, 2.45) is 0 Å². The monoisotopic (exact) mass is 315 g/mol. The van der Waals surface area contributed by atoms with Crippen molar-refractivity contribution in [2.75, 3.05) is 0 Å². The van der Waals surface area contributed by atoms with Crippen molar-refractivity contribution in [1.29, 1.82) is 0 Å². The Bertz CT molecular complexity index is 601. The lowest BCUT2D eigenvalue weighted by Gasteiger charge is -2.33. The lowest BCUT2D eigenvalue weighted by Crippen LogP contribution is -2.58. The SMILES string of the molecule is C[C@@H]1OC(=O)[C@@H]1NC(=O)OC1CCC(=Cc2ccccc2)CC1. The molecule has 0 radical (unpaired) electrons. The summed E-state index contributed by atoms with van der Waals surface area (Å²) in [5.74, 6) is -0.397. The van der Waals surface area contributed by atoms with Gasteiger partial charge in [0.1, 0.15) is 12.2 Å². The number of hydrogen-bond donors (Lipinski definition) is 1. The zero-order valence-electron chi connectivity index (χ0n) is 13.2. The Labute approximate surface area is 135 Å². The van der Waals surface area contributed by atoms with Crippen molar-refractivity contribution in [3.63, 3.8) is 0 Å². The van der Waals surface area contributed by atoms with Gasteiger partial charge in [-0.1, -0.05) is 42.0 Å². The van der Waals surface area contributed by atoms with Crippen LogP contribution in [0.1, 0.15) is 38.2 Å². The van der Waals surface area contributed by atoms with Crippen LogP contribution in [0.25, 0.3) is 6.08 Å². The van der Waals surface area contributed by atoms with E-state index in [0.717, 1.165) is 25.7 Å². The number of alkyl carbamates (subject to hydrolysis) is 1. The summed E-state index contributed by atoms with van der Waals surface area (Å²) in [5, 5.41) is 2.56. The topological polar surface area (TPSA) is 64.6 Å². The minimum atomic E-state index is -0.570. The standard InChI is InChI=1S/C18H21NO4/c1-12-16(17(20)22-12)19-18(21)23-15-9-7-14(8-10-15)11-13-5-3-2-4-6-13/h2-6,11-12,15-16H,7-10H2,1H3,(H,19,21)/t12-,15?,16+/m0/s1. The number of cyclic esters (lactones) is 1. The van der Waals surface area contributed by atoms with Crippen molar-refractivity contribution in [3.8, 4) is 0 Å². The van der Waals surface area contributed by atoms with E-state index < -0.39 is 18.1 Å². The average molecular weight is 315 g/mol. The molecule has 0 aromatic heterocycles.